The topological polar surface area (TPSA) is 84.1 Å². The highest BCUT2D eigenvalue weighted by Crippen LogP contribution is 2.78. The van der Waals surface area contributed by atoms with Gasteiger partial charge >= 0.3 is 0 Å². The van der Waals surface area contributed by atoms with E-state index < -0.39 is 22.6 Å². The molecular formula is C28H24FN3O4. The van der Waals surface area contributed by atoms with Crippen LogP contribution in [0.25, 0.3) is 11.3 Å². The molecular weight excluding hydrogens is 461 g/mol. The molecule has 3 aliphatic heterocycles. The van der Waals surface area contributed by atoms with Crippen molar-refractivity contribution < 1.29 is 23.5 Å². The van der Waals surface area contributed by atoms with Crippen LogP contribution in [0.3, 0.4) is 0 Å². The zero-order valence-corrected chi connectivity index (χ0v) is 19.7. The quantitative estimate of drug-likeness (QED) is 0.673. The van der Waals surface area contributed by atoms with E-state index in [2.05, 4.69) is 22.5 Å². The van der Waals surface area contributed by atoms with E-state index in [4.69, 9.17) is 9.47 Å². The van der Waals surface area contributed by atoms with Crippen LogP contribution >= 0.6 is 0 Å². The summed E-state index contributed by atoms with van der Waals surface area (Å²) in [5.74, 6) is -0.600. The van der Waals surface area contributed by atoms with Gasteiger partial charge < -0.3 is 19.7 Å². The highest BCUT2D eigenvalue weighted by atomic mass is 19.1. The Morgan fingerprint density at radius 3 is 2.83 bits per heavy atom. The molecule has 1 aromatic heterocycles. The van der Waals surface area contributed by atoms with Gasteiger partial charge in [0.2, 0.25) is 0 Å². The highest BCUT2D eigenvalue weighted by molar-refractivity contribution is 5.96. The van der Waals surface area contributed by atoms with E-state index in [-0.39, 0.29) is 17.7 Å². The Bertz CT molecular complexity index is 1410. The van der Waals surface area contributed by atoms with E-state index >= 15 is 4.39 Å². The number of hydrogen-bond acceptors (Lipinski definition) is 5. The van der Waals surface area contributed by atoms with Gasteiger partial charge in [0.1, 0.15) is 17.0 Å². The maximum Gasteiger partial charge on any atom is 0.258 e. The fourth-order valence-electron chi connectivity index (χ4n) is 6.07. The Morgan fingerprint density at radius 1 is 1.22 bits per heavy atom. The van der Waals surface area contributed by atoms with Crippen molar-refractivity contribution in [1.82, 2.24) is 15.2 Å². The molecule has 1 saturated carbocycles. The van der Waals surface area contributed by atoms with Gasteiger partial charge in [-0.3, -0.25) is 14.6 Å². The van der Waals surface area contributed by atoms with Gasteiger partial charge in [0.05, 0.1) is 24.1 Å². The van der Waals surface area contributed by atoms with Crippen LogP contribution in [0, 0.1) is 11.7 Å². The summed E-state index contributed by atoms with van der Waals surface area (Å²) < 4.78 is 27.3. The summed E-state index contributed by atoms with van der Waals surface area (Å²) >= 11 is 0. The van der Waals surface area contributed by atoms with Crippen LogP contribution < -0.4 is 5.32 Å². The molecule has 182 valence electrons. The van der Waals surface area contributed by atoms with E-state index in [0.29, 0.717) is 41.9 Å². The van der Waals surface area contributed by atoms with E-state index in [0.717, 1.165) is 12.0 Å². The first kappa shape index (κ1) is 21.5. The number of carbonyl (C=O) groups is 2. The number of nitrogens with one attached hydrogen (secondary N) is 1. The summed E-state index contributed by atoms with van der Waals surface area (Å²) in [5.41, 5.74) is 0.830. The van der Waals surface area contributed by atoms with Crippen molar-refractivity contribution in [3.63, 3.8) is 0 Å². The first-order valence-corrected chi connectivity index (χ1v) is 12.1. The van der Waals surface area contributed by atoms with Crippen LogP contribution in [-0.4, -0.2) is 53.0 Å². The minimum atomic E-state index is -0.967. The zero-order valence-electron chi connectivity index (χ0n) is 19.7. The molecule has 1 aromatic carbocycles. The first-order valence-electron chi connectivity index (χ1n) is 12.1. The Kier molecular flexibility index (Phi) is 4.26. The lowest BCUT2D eigenvalue weighted by Crippen LogP contribution is -2.43. The van der Waals surface area contributed by atoms with Gasteiger partial charge in [-0.25, -0.2) is 4.39 Å². The van der Waals surface area contributed by atoms with Crippen LogP contribution in [-0.2, 0) is 19.9 Å². The maximum absolute atomic E-state index is 15.3. The minimum absolute atomic E-state index is 0.0818. The molecule has 4 atom stereocenters. The number of benzene rings is 1. The average Bonchev–Trinajstić information content (AvgIpc) is 3.60. The second-order valence-corrected chi connectivity index (χ2v) is 10.1. The lowest BCUT2D eigenvalue weighted by atomic mass is 9.81. The third kappa shape index (κ3) is 2.79. The number of nitrogens with zero attached hydrogens (tertiary/aromatic N) is 2. The number of hydrogen-bond donors (Lipinski definition) is 1. The molecule has 1 spiro atoms. The number of aromatic nitrogens is 1. The maximum atomic E-state index is 15.3. The SMILES string of the molecule is CNC(=O)c1ccc(-c2ccc([C@]34C[C@@]3(C(=O)N3CCC5(C3)OC=C3C=CC=CC35)O4)c(F)c2)nc1. The monoisotopic (exact) mass is 485 g/mol. The van der Waals surface area contributed by atoms with Crippen molar-refractivity contribution in [1.29, 1.82) is 0 Å². The number of pyridine rings is 1. The number of halogens is 1. The third-order valence-corrected chi connectivity index (χ3v) is 8.24. The molecule has 7 nitrogen and oxygen atoms in total. The highest BCUT2D eigenvalue weighted by Gasteiger charge is 2.93. The molecule has 5 aliphatic rings. The average molecular weight is 486 g/mol. The third-order valence-electron chi connectivity index (χ3n) is 8.24. The number of rotatable bonds is 4. The van der Waals surface area contributed by atoms with Crippen LogP contribution in [0.1, 0.15) is 28.8 Å². The lowest BCUT2D eigenvalue weighted by Gasteiger charge is -2.30. The summed E-state index contributed by atoms with van der Waals surface area (Å²) in [6.07, 6.45) is 12.7. The molecule has 36 heavy (non-hydrogen) atoms. The predicted octanol–water partition coefficient (Wildman–Crippen LogP) is 3.24. The Balaban J connectivity index is 1.07. The normalized spacial score (nSPS) is 32.6. The van der Waals surface area contributed by atoms with Crippen LogP contribution in [0.2, 0.25) is 0 Å². The van der Waals surface area contributed by atoms with Crippen LogP contribution in [0.5, 0.6) is 0 Å². The van der Waals surface area contributed by atoms with Crippen molar-refractivity contribution in [2.24, 2.45) is 5.92 Å². The van der Waals surface area contributed by atoms with E-state index in [1.807, 2.05) is 23.3 Å². The molecule has 4 heterocycles. The number of carbonyl (C=O) groups excluding carboxylic acids is 2. The molecule has 2 unspecified atom stereocenters. The molecule has 2 amide bonds. The van der Waals surface area contributed by atoms with Gasteiger partial charge in [-0.05, 0) is 23.8 Å². The molecule has 0 radical (unpaired) electrons. The molecule has 8 heteroatoms. The summed E-state index contributed by atoms with van der Waals surface area (Å²) in [6, 6.07) is 8.20. The van der Waals surface area contributed by atoms with Crippen molar-refractivity contribution in [2.75, 3.05) is 20.1 Å². The second-order valence-electron chi connectivity index (χ2n) is 10.1. The lowest BCUT2D eigenvalue weighted by molar-refractivity contribution is -0.136. The van der Waals surface area contributed by atoms with E-state index in [1.54, 1.807) is 31.3 Å². The largest absolute Gasteiger partial charge is 0.492 e. The fourth-order valence-corrected chi connectivity index (χ4v) is 6.07. The number of fused-ring (bicyclic) bond motifs is 3. The van der Waals surface area contributed by atoms with Gasteiger partial charge in [-0.2, -0.15) is 0 Å². The molecule has 2 aliphatic carbocycles. The van der Waals surface area contributed by atoms with Crippen LogP contribution in [0.4, 0.5) is 4.39 Å². The Hall–Kier alpha value is -3.78. The summed E-state index contributed by atoms with van der Waals surface area (Å²) in [5, 5.41) is 2.55. The summed E-state index contributed by atoms with van der Waals surface area (Å²) in [6.45, 7) is 1.09. The fraction of sp³-hybridized carbons (Fsp3) is 0.321. The molecule has 2 saturated heterocycles. The molecule has 2 aromatic rings. The van der Waals surface area contributed by atoms with E-state index in [9.17, 15) is 9.59 Å². The number of amides is 2. The number of epoxide rings is 1. The van der Waals surface area contributed by atoms with Crippen molar-refractivity contribution in [3.05, 3.63) is 89.6 Å². The number of allylic oxidation sites excluding steroid dienone is 3. The van der Waals surface area contributed by atoms with Crippen molar-refractivity contribution in [2.45, 2.75) is 29.6 Å². The minimum Gasteiger partial charge on any atom is -0.492 e. The van der Waals surface area contributed by atoms with Gasteiger partial charge in [0, 0.05) is 49.7 Å². The number of ether oxygens (including phenoxy) is 2. The standard InChI is InChI=1S/C28H24FN3O4/c1-30-24(33)18-7-9-23(31-13-18)17-6-8-21(22(29)12-17)27-15-28(27,36-27)25(34)32-11-10-26(16-32)20-5-3-2-4-19(20)14-35-26/h2-9,12-14,20H,10-11,15-16H2,1H3,(H,30,33)/t20?,26?,27-,28+/m1/s1. The smallest absolute Gasteiger partial charge is 0.258 e. The van der Waals surface area contributed by atoms with Crippen molar-refractivity contribution in [3.8, 4) is 11.3 Å². The van der Waals surface area contributed by atoms with Gasteiger partial charge in [0.15, 0.2) is 5.60 Å². The van der Waals surface area contributed by atoms with Crippen molar-refractivity contribution >= 4 is 11.8 Å². The second kappa shape index (κ2) is 7.13. The first-order chi connectivity index (χ1) is 17.4. The summed E-state index contributed by atoms with van der Waals surface area (Å²) in [4.78, 5) is 31.3. The van der Waals surface area contributed by atoms with Gasteiger partial charge in [-0.15, -0.1) is 0 Å². The summed E-state index contributed by atoms with van der Waals surface area (Å²) in [7, 11) is 1.55. The van der Waals surface area contributed by atoms with Gasteiger partial charge in [-0.1, -0.05) is 36.4 Å². The Morgan fingerprint density at radius 2 is 2.08 bits per heavy atom. The molecule has 1 N–H and O–H groups in total. The van der Waals surface area contributed by atoms with E-state index in [1.165, 1.54) is 12.3 Å². The number of likely N-dealkylation sites (tertiary alicyclic amines) is 1. The Labute approximate surface area is 207 Å². The van der Waals surface area contributed by atoms with Gasteiger partial charge in [0.25, 0.3) is 11.8 Å². The molecule has 3 fully saturated rings. The zero-order chi connectivity index (χ0) is 24.7. The predicted molar refractivity (Wildman–Crippen MR) is 128 cm³/mol. The molecule has 0 bridgehead atoms. The molecule has 7 rings (SSSR count). The van der Waals surface area contributed by atoms with Crippen LogP contribution in [0.15, 0.2) is 72.7 Å².